The number of methoxy groups -OCH3 is 2. The van der Waals surface area contributed by atoms with Crippen molar-refractivity contribution in [2.45, 2.75) is 20.0 Å². The molecule has 0 saturated heterocycles. The predicted octanol–water partition coefficient (Wildman–Crippen LogP) is 6.81. The highest BCUT2D eigenvalue weighted by Crippen LogP contribution is 2.50. The van der Waals surface area contributed by atoms with Crippen molar-refractivity contribution in [2.75, 3.05) is 20.8 Å². The number of aromatic hydroxyl groups is 2. The number of hydrogen-bond acceptors (Lipinski definition) is 5. The fourth-order valence-corrected chi connectivity index (χ4v) is 3.46. The lowest BCUT2D eigenvalue weighted by Crippen LogP contribution is -2.09. The molecule has 180 valence electrons. The van der Waals surface area contributed by atoms with Crippen LogP contribution in [0.4, 0.5) is 13.2 Å². The number of phenolic OH excluding ortho intramolecular Hbond substituents is 2. The van der Waals surface area contributed by atoms with Crippen LogP contribution in [0.15, 0.2) is 60.2 Å². The molecule has 3 rings (SSSR count). The number of ether oxygens (including phenoxy) is 3. The number of benzene rings is 3. The number of halogens is 3. The van der Waals surface area contributed by atoms with Crippen molar-refractivity contribution in [1.82, 2.24) is 0 Å². The van der Waals surface area contributed by atoms with Crippen LogP contribution in [0, 0.1) is 0 Å². The standard InChI is InChI=1S/C26H25F3O5/c1-15(2)11-12-34-21-10-7-17(13-20(21)26(27,28)29)23-22(32-3)14-19(25(33-4)24(23)31)16-5-8-18(30)9-6-16/h5-11,13-14,30-31H,12H2,1-4H3. The Kier molecular flexibility index (Phi) is 7.29. The number of alkyl halides is 3. The maximum Gasteiger partial charge on any atom is 0.419 e. The lowest BCUT2D eigenvalue weighted by Gasteiger charge is -2.20. The normalized spacial score (nSPS) is 11.1. The molecule has 0 aromatic heterocycles. The molecule has 0 bridgehead atoms. The number of allylic oxidation sites excluding steroid dienone is 1. The zero-order valence-corrected chi connectivity index (χ0v) is 19.2. The molecule has 3 aromatic carbocycles. The van der Waals surface area contributed by atoms with Crippen LogP contribution < -0.4 is 14.2 Å². The van der Waals surface area contributed by atoms with Crippen molar-refractivity contribution in [1.29, 1.82) is 0 Å². The van der Waals surface area contributed by atoms with Gasteiger partial charge in [0.2, 0.25) is 0 Å². The van der Waals surface area contributed by atoms with Crippen LogP contribution >= 0.6 is 0 Å². The monoisotopic (exact) mass is 474 g/mol. The Morgan fingerprint density at radius 3 is 2.09 bits per heavy atom. The van der Waals surface area contributed by atoms with E-state index >= 15 is 0 Å². The second-order valence-electron chi connectivity index (χ2n) is 7.73. The van der Waals surface area contributed by atoms with Gasteiger partial charge in [0.25, 0.3) is 0 Å². The summed E-state index contributed by atoms with van der Waals surface area (Å²) >= 11 is 0. The van der Waals surface area contributed by atoms with Crippen LogP contribution in [0.1, 0.15) is 19.4 Å². The van der Waals surface area contributed by atoms with E-state index in [4.69, 9.17) is 14.2 Å². The number of hydrogen-bond donors (Lipinski definition) is 2. The largest absolute Gasteiger partial charge is 0.508 e. The molecule has 8 heteroatoms. The van der Waals surface area contributed by atoms with Gasteiger partial charge in [-0.05, 0) is 61.4 Å². The molecule has 0 aliphatic carbocycles. The minimum absolute atomic E-state index is 0.00548. The molecular formula is C26H25F3O5. The zero-order valence-electron chi connectivity index (χ0n) is 19.2. The van der Waals surface area contributed by atoms with Crippen molar-refractivity contribution in [2.24, 2.45) is 0 Å². The van der Waals surface area contributed by atoms with Gasteiger partial charge in [0, 0.05) is 5.56 Å². The lowest BCUT2D eigenvalue weighted by molar-refractivity contribution is -0.138. The van der Waals surface area contributed by atoms with Gasteiger partial charge in [-0.15, -0.1) is 0 Å². The molecule has 0 aliphatic heterocycles. The van der Waals surface area contributed by atoms with Crippen LogP contribution in [-0.4, -0.2) is 31.0 Å². The van der Waals surface area contributed by atoms with Gasteiger partial charge >= 0.3 is 6.18 Å². The summed E-state index contributed by atoms with van der Waals surface area (Å²) in [4.78, 5) is 0. The van der Waals surface area contributed by atoms with E-state index in [0.29, 0.717) is 11.1 Å². The highest BCUT2D eigenvalue weighted by Gasteiger charge is 2.35. The summed E-state index contributed by atoms with van der Waals surface area (Å²) in [7, 11) is 2.70. The first-order valence-electron chi connectivity index (χ1n) is 10.3. The Morgan fingerprint density at radius 2 is 1.53 bits per heavy atom. The summed E-state index contributed by atoms with van der Waals surface area (Å²) in [6.07, 6.45) is -3.01. The van der Waals surface area contributed by atoms with Gasteiger partial charge in [0.15, 0.2) is 11.5 Å². The zero-order chi connectivity index (χ0) is 25.0. The van der Waals surface area contributed by atoms with Gasteiger partial charge in [0.05, 0.1) is 25.3 Å². The summed E-state index contributed by atoms with van der Waals surface area (Å²) in [6.45, 7) is 3.64. The van der Waals surface area contributed by atoms with Gasteiger partial charge < -0.3 is 24.4 Å². The number of rotatable bonds is 7. The minimum atomic E-state index is -4.69. The molecule has 5 nitrogen and oxygen atoms in total. The second kappa shape index (κ2) is 9.99. The van der Waals surface area contributed by atoms with Crippen LogP contribution in [0.3, 0.4) is 0 Å². The molecule has 0 spiro atoms. The van der Waals surface area contributed by atoms with Gasteiger partial charge in [-0.2, -0.15) is 13.2 Å². The Hall–Kier alpha value is -3.81. The molecule has 0 amide bonds. The van der Waals surface area contributed by atoms with E-state index in [1.807, 2.05) is 13.8 Å². The third kappa shape index (κ3) is 5.22. The molecular weight excluding hydrogens is 449 g/mol. The predicted molar refractivity (Wildman–Crippen MR) is 124 cm³/mol. The molecule has 0 radical (unpaired) electrons. The highest BCUT2D eigenvalue weighted by molar-refractivity contribution is 5.88. The molecule has 0 saturated carbocycles. The molecule has 0 aliphatic rings. The maximum absolute atomic E-state index is 13.8. The summed E-state index contributed by atoms with van der Waals surface area (Å²) in [5.41, 5.74) is 1.11. The Labute approximate surface area is 195 Å². The fraction of sp³-hybridized carbons (Fsp3) is 0.231. The molecule has 0 fully saturated rings. The topological polar surface area (TPSA) is 68.2 Å². The minimum Gasteiger partial charge on any atom is -0.508 e. The third-order valence-electron chi connectivity index (χ3n) is 5.12. The number of phenols is 2. The summed E-state index contributed by atoms with van der Waals surface area (Å²) in [5, 5.41) is 20.6. The van der Waals surface area contributed by atoms with E-state index in [1.54, 1.807) is 24.3 Å². The van der Waals surface area contributed by atoms with Crippen molar-refractivity contribution in [3.63, 3.8) is 0 Å². The molecule has 3 aromatic rings. The summed E-state index contributed by atoms with van der Waals surface area (Å²) in [6, 6.07) is 11.3. The lowest BCUT2D eigenvalue weighted by atomic mass is 9.95. The first kappa shape index (κ1) is 24.8. The average Bonchev–Trinajstić information content (AvgIpc) is 2.78. The van der Waals surface area contributed by atoms with Crippen molar-refractivity contribution < 1.29 is 37.6 Å². The third-order valence-corrected chi connectivity index (χ3v) is 5.12. The van der Waals surface area contributed by atoms with E-state index in [1.165, 1.54) is 38.5 Å². The molecule has 0 unspecified atom stereocenters. The Morgan fingerprint density at radius 1 is 0.882 bits per heavy atom. The van der Waals surface area contributed by atoms with Crippen molar-refractivity contribution in [3.05, 3.63) is 65.7 Å². The van der Waals surface area contributed by atoms with Crippen LogP contribution in [0.5, 0.6) is 28.7 Å². The van der Waals surface area contributed by atoms with Crippen LogP contribution in [-0.2, 0) is 6.18 Å². The van der Waals surface area contributed by atoms with Crippen LogP contribution in [0.2, 0.25) is 0 Å². The smallest absolute Gasteiger partial charge is 0.419 e. The van der Waals surface area contributed by atoms with Gasteiger partial charge in [0.1, 0.15) is 23.9 Å². The quantitative estimate of drug-likeness (QED) is 0.368. The second-order valence-corrected chi connectivity index (χ2v) is 7.73. The van der Waals surface area contributed by atoms with E-state index < -0.39 is 11.7 Å². The SMILES string of the molecule is COc1cc(-c2ccc(O)cc2)c(OC)c(O)c1-c1ccc(OCC=C(C)C)c(C(F)(F)F)c1. The van der Waals surface area contributed by atoms with Gasteiger partial charge in [-0.25, -0.2) is 0 Å². The van der Waals surface area contributed by atoms with E-state index in [9.17, 15) is 23.4 Å². The molecule has 0 atom stereocenters. The Balaban J connectivity index is 2.18. The maximum atomic E-state index is 13.8. The molecule has 34 heavy (non-hydrogen) atoms. The van der Waals surface area contributed by atoms with E-state index in [2.05, 4.69) is 0 Å². The summed E-state index contributed by atoms with van der Waals surface area (Å²) < 4.78 is 57.7. The first-order chi connectivity index (χ1) is 16.1. The van der Waals surface area contributed by atoms with E-state index in [-0.39, 0.29) is 46.5 Å². The molecule has 0 heterocycles. The molecule has 2 N–H and O–H groups in total. The van der Waals surface area contributed by atoms with Crippen LogP contribution in [0.25, 0.3) is 22.3 Å². The van der Waals surface area contributed by atoms with Gasteiger partial charge in [-0.1, -0.05) is 23.8 Å². The fourth-order valence-electron chi connectivity index (χ4n) is 3.46. The Bertz CT molecular complexity index is 1190. The van der Waals surface area contributed by atoms with E-state index in [0.717, 1.165) is 11.6 Å². The van der Waals surface area contributed by atoms with Gasteiger partial charge in [-0.3, -0.25) is 0 Å². The van der Waals surface area contributed by atoms with Crippen molar-refractivity contribution >= 4 is 0 Å². The summed E-state index contributed by atoms with van der Waals surface area (Å²) in [5.74, 6) is -0.440. The highest BCUT2D eigenvalue weighted by atomic mass is 19.4. The first-order valence-corrected chi connectivity index (χ1v) is 10.3. The average molecular weight is 474 g/mol. The van der Waals surface area contributed by atoms with Crippen molar-refractivity contribution in [3.8, 4) is 51.0 Å².